The number of allylic oxidation sites excluding steroid dienone is 2. The molecule has 1 radical (unpaired) electrons. The van der Waals surface area contributed by atoms with Crippen LogP contribution >= 0.6 is 0 Å². The maximum absolute atomic E-state index is 10.0. The normalized spacial score (nSPS) is 10.8. The van der Waals surface area contributed by atoms with Crippen molar-refractivity contribution >= 4 is 27.7 Å². The number of benzene rings is 2. The summed E-state index contributed by atoms with van der Waals surface area (Å²) in [6.45, 7) is 2.85. The molecule has 0 aliphatic rings. The van der Waals surface area contributed by atoms with Crippen LogP contribution in [0.3, 0.4) is 0 Å². The van der Waals surface area contributed by atoms with E-state index < -0.39 is 0 Å². The van der Waals surface area contributed by atoms with Crippen LogP contribution in [0.2, 0.25) is 0 Å². The van der Waals surface area contributed by atoms with Crippen molar-refractivity contribution in [3.8, 4) is 11.3 Å². The van der Waals surface area contributed by atoms with Crippen LogP contribution in [0.15, 0.2) is 77.1 Å². The molecule has 0 aliphatic carbocycles. The summed E-state index contributed by atoms with van der Waals surface area (Å²) in [6, 6.07) is 21.2. The second-order valence-electron chi connectivity index (χ2n) is 5.87. The smallest absolute Gasteiger partial charge is 0.155 e. The van der Waals surface area contributed by atoms with Gasteiger partial charge in [-0.1, -0.05) is 12.1 Å². The van der Waals surface area contributed by atoms with Crippen LogP contribution in [-0.4, -0.2) is 15.9 Å². The minimum Gasteiger partial charge on any atom is -0.512 e. The Hall–Kier alpha value is -2.75. The monoisotopic (exact) mass is 537 g/mol. The summed E-state index contributed by atoms with van der Waals surface area (Å²) in [5, 5.41) is 10.5. The third kappa shape index (κ3) is 5.36. The second kappa shape index (κ2) is 9.26. The van der Waals surface area contributed by atoms with E-state index in [1.54, 1.807) is 6.26 Å². The summed E-state index contributed by atoms with van der Waals surface area (Å²) in [4.78, 5) is 14.7. The van der Waals surface area contributed by atoms with Crippen molar-refractivity contribution in [3.05, 3.63) is 78.8 Å². The largest absolute Gasteiger partial charge is 0.512 e. The average Bonchev–Trinajstić information content (AvgIpc) is 3.06. The van der Waals surface area contributed by atoms with Crippen molar-refractivity contribution in [3.63, 3.8) is 0 Å². The van der Waals surface area contributed by atoms with E-state index in [-0.39, 0.29) is 31.6 Å². The van der Waals surface area contributed by atoms with Crippen molar-refractivity contribution in [2.24, 2.45) is 0 Å². The summed E-state index contributed by atoms with van der Waals surface area (Å²) in [6.07, 6.45) is 2.87. The molecule has 0 saturated carbocycles. The first-order chi connectivity index (χ1) is 12.5. The molecule has 2 heterocycles. The third-order valence-electron chi connectivity index (χ3n) is 3.66. The molecule has 2 aromatic heterocycles. The van der Waals surface area contributed by atoms with Crippen molar-refractivity contribution in [2.45, 2.75) is 13.8 Å². The van der Waals surface area contributed by atoms with E-state index in [1.807, 2.05) is 42.5 Å². The average molecular weight is 537 g/mol. The van der Waals surface area contributed by atoms with E-state index >= 15 is 0 Å². The Morgan fingerprint density at radius 1 is 1.11 bits per heavy atom. The molecule has 5 heteroatoms. The Morgan fingerprint density at radius 2 is 1.93 bits per heavy atom. The molecule has 0 fully saturated rings. The van der Waals surface area contributed by atoms with Crippen LogP contribution in [-0.2, 0) is 24.9 Å². The van der Waals surface area contributed by atoms with Gasteiger partial charge in [0.25, 0.3) is 0 Å². The number of ketones is 1. The number of hydrogen-bond acceptors (Lipinski definition) is 4. The Labute approximate surface area is 170 Å². The van der Waals surface area contributed by atoms with Gasteiger partial charge in [0.1, 0.15) is 5.58 Å². The van der Waals surface area contributed by atoms with E-state index in [2.05, 4.69) is 18.2 Å². The zero-order chi connectivity index (χ0) is 18.5. The van der Waals surface area contributed by atoms with Crippen LogP contribution < -0.4 is 0 Å². The molecule has 2 aromatic carbocycles. The molecular formula is C22H18IrNO3-. The van der Waals surface area contributed by atoms with E-state index in [1.165, 1.54) is 19.9 Å². The molecule has 0 saturated heterocycles. The molecule has 0 bridgehead atoms. The van der Waals surface area contributed by atoms with E-state index in [0.717, 1.165) is 33.1 Å². The minimum atomic E-state index is -0.125. The number of fused-ring (bicyclic) bond motifs is 2. The number of aromatic nitrogens is 1. The Balaban J connectivity index is 0.000000285. The number of nitrogens with zero attached hydrogens (tertiary/aromatic N) is 1. The van der Waals surface area contributed by atoms with Gasteiger partial charge in [-0.25, -0.2) is 0 Å². The summed E-state index contributed by atoms with van der Waals surface area (Å²) in [7, 11) is 0. The number of aliphatic hydroxyl groups is 1. The maximum Gasteiger partial charge on any atom is 0.155 e. The van der Waals surface area contributed by atoms with Gasteiger partial charge in [-0.3, -0.25) is 9.78 Å². The predicted octanol–water partition coefficient (Wildman–Crippen LogP) is 5.48. The first kappa shape index (κ1) is 20.6. The van der Waals surface area contributed by atoms with Crippen molar-refractivity contribution in [2.75, 3.05) is 0 Å². The van der Waals surface area contributed by atoms with Gasteiger partial charge in [-0.2, -0.15) is 0 Å². The third-order valence-corrected chi connectivity index (χ3v) is 3.66. The van der Waals surface area contributed by atoms with Gasteiger partial charge < -0.3 is 9.52 Å². The van der Waals surface area contributed by atoms with Crippen LogP contribution in [0.4, 0.5) is 0 Å². The molecule has 0 unspecified atom stereocenters. The Kier molecular flexibility index (Phi) is 7.05. The maximum atomic E-state index is 10.0. The first-order valence-electron chi connectivity index (χ1n) is 8.16. The Morgan fingerprint density at radius 3 is 2.56 bits per heavy atom. The molecule has 4 aromatic rings. The van der Waals surface area contributed by atoms with Gasteiger partial charge in [-0.05, 0) is 37.7 Å². The fraction of sp³-hybridized carbons (Fsp3) is 0.0909. The van der Waals surface area contributed by atoms with E-state index in [9.17, 15) is 4.79 Å². The van der Waals surface area contributed by atoms with Crippen LogP contribution in [0.5, 0.6) is 0 Å². The number of hydrogen-bond donors (Lipinski definition) is 1. The first-order valence-corrected chi connectivity index (χ1v) is 8.16. The van der Waals surface area contributed by atoms with E-state index in [0.29, 0.717) is 0 Å². The van der Waals surface area contributed by atoms with E-state index in [4.69, 9.17) is 14.5 Å². The predicted molar refractivity (Wildman–Crippen MR) is 103 cm³/mol. The number of carbonyl (C=O) groups excluding carboxylic acids is 1. The fourth-order valence-electron chi connectivity index (χ4n) is 2.58. The molecule has 4 rings (SSSR count). The summed E-state index contributed by atoms with van der Waals surface area (Å²) < 4.78 is 5.41. The zero-order valence-electron chi connectivity index (χ0n) is 14.9. The van der Waals surface area contributed by atoms with Crippen molar-refractivity contribution < 1.29 is 34.4 Å². The zero-order valence-corrected chi connectivity index (χ0v) is 17.3. The molecule has 0 atom stereocenters. The quantitative estimate of drug-likeness (QED) is 0.209. The summed E-state index contributed by atoms with van der Waals surface area (Å²) in [5.41, 5.74) is 3.82. The molecular weight excluding hydrogens is 518 g/mol. The van der Waals surface area contributed by atoms with Gasteiger partial charge in [0, 0.05) is 37.0 Å². The van der Waals surface area contributed by atoms with Crippen molar-refractivity contribution in [1.29, 1.82) is 0 Å². The number of rotatable bonds is 2. The molecule has 0 amide bonds. The molecule has 139 valence electrons. The van der Waals surface area contributed by atoms with Gasteiger partial charge in [0.05, 0.1) is 17.5 Å². The number of aliphatic hydroxyl groups excluding tert-OH is 1. The summed E-state index contributed by atoms with van der Waals surface area (Å²) >= 11 is 0. The molecule has 0 spiro atoms. The van der Waals surface area contributed by atoms with Gasteiger partial charge in [0.2, 0.25) is 0 Å². The molecule has 1 N–H and O–H groups in total. The number of furan rings is 1. The minimum absolute atomic E-state index is 0. The van der Waals surface area contributed by atoms with Crippen molar-refractivity contribution in [1.82, 2.24) is 4.98 Å². The SMILES string of the molecule is CC(=O)/C=C(/C)O.[Ir].[c-]1ccccc1-c1ccc2cc3occc3cc2n1. The Bertz CT molecular complexity index is 1080. The van der Waals surface area contributed by atoms with Gasteiger partial charge in [-0.15, -0.1) is 35.9 Å². The number of pyridine rings is 1. The second-order valence-corrected chi connectivity index (χ2v) is 5.87. The standard InChI is InChI=1S/C17H10NO.C5H8O2.Ir/c1-2-4-12(5-3-1)15-7-6-13-11-17-14(8-9-19-17)10-16(13)18-15;1-4(6)3-5(2)7;/h1-4,6-11H;3,6H,1-2H3;/q-1;;/b;4-3-;. The van der Waals surface area contributed by atoms with Crippen LogP contribution in [0.25, 0.3) is 33.1 Å². The summed E-state index contributed by atoms with van der Waals surface area (Å²) in [5.74, 6) is -0.0625. The van der Waals surface area contributed by atoms with Gasteiger partial charge >= 0.3 is 0 Å². The molecule has 4 nitrogen and oxygen atoms in total. The van der Waals surface area contributed by atoms with Gasteiger partial charge in [0.15, 0.2) is 5.78 Å². The molecule has 27 heavy (non-hydrogen) atoms. The topological polar surface area (TPSA) is 63.3 Å². The van der Waals surface area contributed by atoms with Crippen LogP contribution in [0.1, 0.15) is 13.8 Å². The van der Waals surface area contributed by atoms with Crippen LogP contribution in [0, 0.1) is 6.07 Å². The number of carbonyl (C=O) groups is 1. The molecule has 0 aliphatic heterocycles. The fourth-order valence-corrected chi connectivity index (χ4v) is 2.58.